The summed E-state index contributed by atoms with van der Waals surface area (Å²) in [5, 5.41) is 13.7. The van der Waals surface area contributed by atoms with E-state index < -0.39 is 17.9 Å². The largest absolute Gasteiger partial charge is 0.478 e. The van der Waals surface area contributed by atoms with Crippen molar-refractivity contribution in [3.8, 4) is 0 Å². The van der Waals surface area contributed by atoms with Gasteiger partial charge < -0.3 is 10.4 Å². The number of rotatable bonds is 3. The van der Waals surface area contributed by atoms with E-state index in [9.17, 15) is 14.4 Å². The fraction of sp³-hybridized carbons (Fsp3) is 0.154. The summed E-state index contributed by atoms with van der Waals surface area (Å²) in [4.78, 5) is 33.9. The topological polar surface area (TPSA) is 95.5 Å². The zero-order chi connectivity index (χ0) is 15.3. The van der Waals surface area contributed by atoms with Crippen LogP contribution in [0, 0.1) is 0 Å². The fourth-order valence-corrected chi connectivity index (χ4v) is 1.35. The van der Waals surface area contributed by atoms with Gasteiger partial charge in [0.2, 0.25) is 0 Å². The number of carboxylic acids is 1. The molecule has 7 heteroatoms. The molecule has 0 aliphatic carbocycles. The summed E-state index contributed by atoms with van der Waals surface area (Å²) >= 11 is 5.69. The highest BCUT2D eigenvalue weighted by Gasteiger charge is 2.15. The van der Waals surface area contributed by atoms with Gasteiger partial charge >= 0.3 is 12.0 Å². The second-order valence-corrected chi connectivity index (χ2v) is 4.41. The van der Waals surface area contributed by atoms with Crippen molar-refractivity contribution in [3.63, 3.8) is 0 Å². The van der Waals surface area contributed by atoms with Gasteiger partial charge in [0.05, 0.1) is 0 Å². The summed E-state index contributed by atoms with van der Waals surface area (Å²) in [6.45, 7) is 2.61. The molecule has 6 nitrogen and oxygen atoms in total. The van der Waals surface area contributed by atoms with E-state index in [0.717, 1.165) is 0 Å². The van der Waals surface area contributed by atoms with Crippen LogP contribution in [0.1, 0.15) is 13.8 Å². The molecule has 0 aliphatic heterocycles. The Morgan fingerprint density at radius 2 is 1.60 bits per heavy atom. The van der Waals surface area contributed by atoms with Gasteiger partial charge in [0.15, 0.2) is 0 Å². The predicted molar refractivity (Wildman–Crippen MR) is 74.6 cm³/mol. The first-order valence-electron chi connectivity index (χ1n) is 5.60. The van der Waals surface area contributed by atoms with Crippen LogP contribution >= 0.6 is 11.6 Å². The zero-order valence-electron chi connectivity index (χ0n) is 10.9. The lowest BCUT2D eigenvalue weighted by molar-refractivity contribution is -0.133. The van der Waals surface area contributed by atoms with Gasteiger partial charge in [0.1, 0.15) is 0 Å². The second-order valence-electron chi connectivity index (χ2n) is 3.97. The lowest BCUT2D eigenvalue weighted by Gasteiger charge is -2.08. The number of halogens is 1. The molecule has 0 spiro atoms. The number of aliphatic carboxylic acids is 1. The molecular weight excluding hydrogens is 284 g/mol. The molecule has 1 rings (SSSR count). The van der Waals surface area contributed by atoms with Gasteiger partial charge in [-0.25, -0.2) is 9.59 Å². The Balaban J connectivity index is 2.67. The normalized spacial score (nSPS) is 11.3. The first kappa shape index (κ1) is 15.7. The molecule has 0 radical (unpaired) electrons. The highest BCUT2D eigenvalue weighted by Crippen LogP contribution is 2.13. The Bertz CT molecular complexity index is 579. The number of hydrogen-bond donors (Lipinski definition) is 3. The molecule has 0 saturated carbocycles. The summed E-state index contributed by atoms with van der Waals surface area (Å²) in [7, 11) is 0. The van der Waals surface area contributed by atoms with E-state index in [1.165, 1.54) is 13.8 Å². The molecule has 3 N–H and O–H groups in total. The zero-order valence-corrected chi connectivity index (χ0v) is 11.6. The molecule has 0 heterocycles. The van der Waals surface area contributed by atoms with Crippen LogP contribution in [-0.4, -0.2) is 23.0 Å². The summed E-state index contributed by atoms with van der Waals surface area (Å²) in [6, 6.07) is 5.54. The predicted octanol–water partition coefficient (Wildman–Crippen LogP) is 2.41. The first-order chi connectivity index (χ1) is 9.31. The lowest BCUT2D eigenvalue weighted by atomic mass is 10.1. The number of imide groups is 1. The number of benzene rings is 1. The second kappa shape index (κ2) is 6.72. The van der Waals surface area contributed by atoms with Gasteiger partial charge in [-0.15, -0.1) is 0 Å². The molecule has 20 heavy (non-hydrogen) atoms. The number of carboxylic acid groups (broad SMARTS) is 1. The summed E-state index contributed by atoms with van der Waals surface area (Å²) in [5.74, 6) is -1.98. The van der Waals surface area contributed by atoms with Gasteiger partial charge in [-0.1, -0.05) is 11.6 Å². The summed E-state index contributed by atoms with van der Waals surface area (Å²) < 4.78 is 0. The van der Waals surface area contributed by atoms with Crippen molar-refractivity contribution in [1.82, 2.24) is 5.32 Å². The van der Waals surface area contributed by atoms with E-state index in [1.54, 1.807) is 24.3 Å². The molecule has 0 aromatic heterocycles. The van der Waals surface area contributed by atoms with E-state index in [-0.39, 0.29) is 11.1 Å². The van der Waals surface area contributed by atoms with E-state index >= 15 is 0 Å². The molecule has 0 atom stereocenters. The third-order valence-corrected chi connectivity index (χ3v) is 2.81. The van der Waals surface area contributed by atoms with Crippen LogP contribution in [0.25, 0.3) is 0 Å². The monoisotopic (exact) mass is 296 g/mol. The summed E-state index contributed by atoms with van der Waals surface area (Å²) in [5.41, 5.74) is 0.293. The van der Waals surface area contributed by atoms with E-state index in [4.69, 9.17) is 16.7 Å². The molecule has 0 bridgehead atoms. The Morgan fingerprint density at radius 1 is 1.05 bits per heavy atom. The van der Waals surface area contributed by atoms with Crippen molar-refractivity contribution in [2.75, 3.05) is 5.32 Å². The van der Waals surface area contributed by atoms with Crippen molar-refractivity contribution in [1.29, 1.82) is 0 Å². The van der Waals surface area contributed by atoms with Crippen LogP contribution in [0.5, 0.6) is 0 Å². The van der Waals surface area contributed by atoms with Crippen LogP contribution in [0.4, 0.5) is 10.5 Å². The third-order valence-electron chi connectivity index (χ3n) is 2.55. The Hall–Kier alpha value is -2.34. The van der Waals surface area contributed by atoms with Crippen LogP contribution in [-0.2, 0) is 9.59 Å². The molecule has 0 saturated heterocycles. The van der Waals surface area contributed by atoms with Crippen molar-refractivity contribution >= 4 is 35.2 Å². The Kier molecular flexibility index (Phi) is 5.28. The smallest absolute Gasteiger partial charge is 0.331 e. The van der Waals surface area contributed by atoms with Crippen LogP contribution < -0.4 is 10.6 Å². The van der Waals surface area contributed by atoms with Gasteiger partial charge in [-0.05, 0) is 38.1 Å². The number of hydrogen-bond acceptors (Lipinski definition) is 3. The lowest BCUT2D eigenvalue weighted by Crippen LogP contribution is -2.35. The molecule has 0 fully saturated rings. The average molecular weight is 297 g/mol. The van der Waals surface area contributed by atoms with Crippen LogP contribution in [0.2, 0.25) is 5.02 Å². The maximum atomic E-state index is 11.6. The molecule has 0 unspecified atom stereocenters. The molecule has 0 aliphatic rings. The quantitative estimate of drug-likeness (QED) is 0.746. The minimum absolute atomic E-state index is 0.0382. The first-order valence-corrected chi connectivity index (χ1v) is 5.97. The number of anilines is 1. The van der Waals surface area contributed by atoms with Gasteiger partial charge in [0, 0.05) is 21.9 Å². The van der Waals surface area contributed by atoms with Crippen LogP contribution in [0.15, 0.2) is 35.4 Å². The SMILES string of the molecule is CC(C(=O)O)=C(C)C(=O)NC(=O)Nc1ccc(Cl)cc1. The van der Waals surface area contributed by atoms with E-state index in [1.807, 2.05) is 5.32 Å². The molecular formula is C13H13ClN2O4. The average Bonchev–Trinajstić information content (AvgIpc) is 2.39. The minimum Gasteiger partial charge on any atom is -0.478 e. The maximum absolute atomic E-state index is 11.6. The van der Waals surface area contributed by atoms with Crippen LogP contribution in [0.3, 0.4) is 0 Å². The molecule has 106 valence electrons. The molecule has 1 aromatic carbocycles. The highest BCUT2D eigenvalue weighted by molar-refractivity contribution is 6.30. The Labute approximate surface area is 120 Å². The fourth-order valence-electron chi connectivity index (χ4n) is 1.22. The summed E-state index contributed by atoms with van der Waals surface area (Å²) in [6.07, 6.45) is 0. The standard InChI is InChI=1S/C13H13ClN2O4/c1-7(8(2)12(18)19)11(17)16-13(20)15-10-5-3-9(14)4-6-10/h3-6H,1-2H3,(H,18,19)(H2,15,16,17,20). The number of carbonyl (C=O) groups is 3. The minimum atomic E-state index is -1.21. The Morgan fingerprint density at radius 3 is 2.10 bits per heavy atom. The van der Waals surface area contributed by atoms with Gasteiger partial charge in [-0.3, -0.25) is 10.1 Å². The number of urea groups is 1. The highest BCUT2D eigenvalue weighted by atomic mass is 35.5. The van der Waals surface area contributed by atoms with Crippen molar-refractivity contribution in [3.05, 3.63) is 40.4 Å². The van der Waals surface area contributed by atoms with Gasteiger partial charge in [-0.2, -0.15) is 0 Å². The van der Waals surface area contributed by atoms with E-state index in [0.29, 0.717) is 10.7 Å². The van der Waals surface area contributed by atoms with Crippen molar-refractivity contribution in [2.45, 2.75) is 13.8 Å². The third kappa shape index (κ3) is 4.40. The number of amides is 3. The molecule has 3 amide bonds. The maximum Gasteiger partial charge on any atom is 0.331 e. The molecule has 1 aromatic rings. The van der Waals surface area contributed by atoms with Crippen molar-refractivity contribution < 1.29 is 19.5 Å². The van der Waals surface area contributed by atoms with Crippen molar-refractivity contribution in [2.24, 2.45) is 0 Å². The number of carbonyl (C=O) groups excluding carboxylic acids is 2. The van der Waals surface area contributed by atoms with E-state index in [2.05, 4.69) is 5.32 Å². The number of nitrogens with one attached hydrogen (secondary N) is 2. The van der Waals surface area contributed by atoms with Gasteiger partial charge in [0.25, 0.3) is 5.91 Å².